The van der Waals surface area contributed by atoms with Gasteiger partial charge in [0.05, 0.1) is 11.2 Å². The van der Waals surface area contributed by atoms with Gasteiger partial charge in [-0.15, -0.1) is 0 Å². The van der Waals surface area contributed by atoms with Gasteiger partial charge in [0.1, 0.15) is 0 Å². The van der Waals surface area contributed by atoms with Crippen LogP contribution in [0.4, 0.5) is 0 Å². The Labute approximate surface area is 86.8 Å². The van der Waals surface area contributed by atoms with Gasteiger partial charge in [-0.3, -0.25) is 0 Å². The molecule has 0 aromatic heterocycles. The fourth-order valence-electron chi connectivity index (χ4n) is 0.949. The zero-order chi connectivity index (χ0) is 10.8. The topological polar surface area (TPSA) is 41.5 Å². The molecule has 79 valence electrons. The summed E-state index contributed by atoms with van der Waals surface area (Å²) in [5.74, 6) is 0. The Kier molecular flexibility index (Phi) is 3.40. The molecule has 0 amide bonds. The Balaban J connectivity index is 2.43. The number of aliphatic hydroxyl groups is 1. The minimum Gasteiger partial charge on any atom is -0.427 e. The smallest absolute Gasteiger partial charge is 0.327 e. The second-order valence-electron chi connectivity index (χ2n) is 4.71. The summed E-state index contributed by atoms with van der Waals surface area (Å²) in [6, 6.07) is 0. The molecule has 1 aliphatic heterocycles. The Hall–Kier alpha value is -0.315. The van der Waals surface area contributed by atoms with Crippen molar-refractivity contribution in [2.24, 2.45) is 0 Å². The van der Waals surface area contributed by atoms with Crippen molar-refractivity contribution in [3.63, 3.8) is 0 Å². The van der Waals surface area contributed by atoms with Gasteiger partial charge in [-0.2, -0.15) is 0 Å². The Bertz CT molecular complexity index is 231. The van der Waals surface area contributed by atoms with E-state index < -0.39 is 11.2 Å². The van der Waals surface area contributed by atoms with Crippen molar-refractivity contribution in [2.75, 3.05) is 13.1 Å². The van der Waals surface area contributed by atoms with Gasteiger partial charge in [0.15, 0.2) is 0 Å². The maximum Gasteiger partial charge on any atom is 0.327 e. The van der Waals surface area contributed by atoms with Gasteiger partial charge in [-0.25, -0.2) is 0 Å². The van der Waals surface area contributed by atoms with Crippen LogP contribution in [0.15, 0.2) is 11.5 Å². The first-order valence-corrected chi connectivity index (χ1v) is 4.96. The van der Waals surface area contributed by atoms with E-state index >= 15 is 0 Å². The van der Waals surface area contributed by atoms with Crippen LogP contribution in [0.3, 0.4) is 0 Å². The van der Waals surface area contributed by atoms with Crippen molar-refractivity contribution in [3.8, 4) is 0 Å². The van der Waals surface area contributed by atoms with Crippen molar-refractivity contribution in [3.05, 3.63) is 11.5 Å². The van der Waals surface area contributed by atoms with E-state index in [1.54, 1.807) is 21.3 Å². The molecule has 0 fully saturated rings. The lowest BCUT2D eigenvalue weighted by atomic mass is 9.82. The normalized spacial score (nSPS) is 18.2. The number of hydrogen-bond donors (Lipinski definition) is 2. The monoisotopic (exact) mass is 196 g/mol. The van der Waals surface area contributed by atoms with E-state index in [4.69, 9.17) is 4.65 Å². The van der Waals surface area contributed by atoms with Gasteiger partial charge in [0, 0.05) is 13.1 Å². The predicted octanol–water partition coefficient (Wildman–Crippen LogP) is 0.659. The average Bonchev–Trinajstić information content (AvgIpc) is 2.50. The summed E-state index contributed by atoms with van der Waals surface area (Å²) < 4.78 is 5.59. The molecule has 0 spiro atoms. The van der Waals surface area contributed by atoms with Crippen LogP contribution < -0.4 is 5.32 Å². The quantitative estimate of drug-likeness (QED) is 0.649. The van der Waals surface area contributed by atoms with E-state index in [9.17, 15) is 5.11 Å². The highest BCUT2D eigenvalue weighted by atomic mass is 16.5. The first kappa shape index (κ1) is 11.8. The van der Waals surface area contributed by atoms with Crippen LogP contribution in [0.25, 0.3) is 0 Å². The molecular weight excluding hydrogens is 177 g/mol. The standard InChI is InChI=1S/C10H19BNO2/c1-9(2,13)10(3,4)14-11-8-5-6-12-7-8/h5,12-13H,6-7H2,1-4H3. The van der Waals surface area contributed by atoms with Gasteiger partial charge < -0.3 is 15.1 Å². The molecular formula is C10H19BNO2. The van der Waals surface area contributed by atoms with E-state index in [0.29, 0.717) is 0 Å². The highest BCUT2D eigenvalue weighted by Crippen LogP contribution is 2.24. The predicted molar refractivity (Wildman–Crippen MR) is 58.2 cm³/mol. The van der Waals surface area contributed by atoms with Crippen molar-refractivity contribution >= 4 is 7.48 Å². The van der Waals surface area contributed by atoms with Crippen LogP contribution >= 0.6 is 0 Å². The summed E-state index contributed by atoms with van der Waals surface area (Å²) in [5, 5.41) is 13.0. The van der Waals surface area contributed by atoms with E-state index in [1.165, 1.54) is 0 Å². The van der Waals surface area contributed by atoms with E-state index in [-0.39, 0.29) is 0 Å². The second kappa shape index (κ2) is 4.05. The molecule has 14 heavy (non-hydrogen) atoms. The Morgan fingerprint density at radius 2 is 2.07 bits per heavy atom. The molecule has 3 nitrogen and oxygen atoms in total. The maximum atomic E-state index is 9.84. The second-order valence-corrected chi connectivity index (χ2v) is 4.71. The third-order valence-electron chi connectivity index (χ3n) is 2.82. The average molecular weight is 196 g/mol. The van der Waals surface area contributed by atoms with E-state index in [1.807, 2.05) is 13.8 Å². The zero-order valence-electron chi connectivity index (χ0n) is 9.42. The van der Waals surface area contributed by atoms with Gasteiger partial charge in [-0.1, -0.05) is 11.5 Å². The molecule has 0 aromatic rings. The molecule has 1 aliphatic rings. The molecule has 0 saturated carbocycles. The maximum absolute atomic E-state index is 9.84. The summed E-state index contributed by atoms with van der Waals surface area (Å²) in [7, 11) is 1.73. The van der Waals surface area contributed by atoms with Crippen LogP contribution in [0.1, 0.15) is 27.7 Å². The van der Waals surface area contributed by atoms with Crippen LogP contribution in [0, 0.1) is 0 Å². The van der Waals surface area contributed by atoms with E-state index in [0.717, 1.165) is 18.6 Å². The van der Waals surface area contributed by atoms with Crippen molar-refractivity contribution in [1.29, 1.82) is 0 Å². The molecule has 2 N–H and O–H groups in total. The Morgan fingerprint density at radius 3 is 2.50 bits per heavy atom. The summed E-state index contributed by atoms with van der Waals surface area (Å²) >= 11 is 0. The number of rotatable bonds is 4. The van der Waals surface area contributed by atoms with Crippen molar-refractivity contribution in [1.82, 2.24) is 5.32 Å². The van der Waals surface area contributed by atoms with Gasteiger partial charge in [0.25, 0.3) is 0 Å². The number of hydrogen-bond acceptors (Lipinski definition) is 3. The summed E-state index contributed by atoms with van der Waals surface area (Å²) in [5.41, 5.74) is -0.283. The van der Waals surface area contributed by atoms with Gasteiger partial charge in [-0.05, 0) is 27.7 Å². The van der Waals surface area contributed by atoms with E-state index in [2.05, 4.69) is 11.4 Å². The molecule has 0 atom stereocenters. The summed E-state index contributed by atoms with van der Waals surface area (Å²) in [6.45, 7) is 9.02. The van der Waals surface area contributed by atoms with Gasteiger partial charge in [0.2, 0.25) is 0 Å². The molecule has 0 aliphatic carbocycles. The summed E-state index contributed by atoms with van der Waals surface area (Å²) in [4.78, 5) is 0. The molecule has 0 unspecified atom stereocenters. The molecule has 0 aromatic carbocycles. The minimum absolute atomic E-state index is 0.573. The van der Waals surface area contributed by atoms with Crippen LogP contribution in [0.5, 0.6) is 0 Å². The lowest BCUT2D eigenvalue weighted by molar-refractivity contribution is -0.0897. The lowest BCUT2D eigenvalue weighted by Crippen LogP contribution is -2.48. The fraction of sp³-hybridized carbons (Fsp3) is 0.800. The van der Waals surface area contributed by atoms with Crippen LogP contribution in [-0.4, -0.2) is 36.9 Å². The summed E-state index contributed by atoms with van der Waals surface area (Å²) in [6.07, 6.45) is 2.08. The third kappa shape index (κ3) is 2.84. The molecule has 1 heterocycles. The first-order chi connectivity index (χ1) is 6.33. The lowest BCUT2D eigenvalue weighted by Gasteiger charge is -2.37. The molecule has 0 bridgehead atoms. The molecule has 1 radical (unpaired) electrons. The number of nitrogens with one attached hydrogen (secondary N) is 1. The highest BCUT2D eigenvalue weighted by Gasteiger charge is 2.35. The van der Waals surface area contributed by atoms with Crippen molar-refractivity contribution < 1.29 is 9.76 Å². The first-order valence-electron chi connectivity index (χ1n) is 4.96. The van der Waals surface area contributed by atoms with Gasteiger partial charge >= 0.3 is 7.48 Å². The molecule has 1 rings (SSSR count). The SMILES string of the molecule is CC(C)(O)C(C)(C)O[B]C1=CCNC1. The highest BCUT2D eigenvalue weighted by molar-refractivity contribution is 6.38. The Morgan fingerprint density at radius 1 is 1.43 bits per heavy atom. The third-order valence-corrected chi connectivity index (χ3v) is 2.82. The van der Waals surface area contributed by atoms with Crippen LogP contribution in [-0.2, 0) is 4.65 Å². The largest absolute Gasteiger partial charge is 0.427 e. The fourth-order valence-corrected chi connectivity index (χ4v) is 0.949. The molecule has 4 heteroatoms. The molecule has 0 saturated heterocycles. The minimum atomic E-state index is -0.851. The zero-order valence-corrected chi connectivity index (χ0v) is 9.42. The van der Waals surface area contributed by atoms with Crippen molar-refractivity contribution in [2.45, 2.75) is 38.9 Å². The van der Waals surface area contributed by atoms with Crippen LogP contribution in [0.2, 0.25) is 0 Å².